The normalized spacial score (nSPS) is 13.1. The molecular formula is C6H7O2Si-. The molecule has 1 N–H and O–H groups in total. The molecule has 0 aromatic heterocycles. The van der Waals surface area contributed by atoms with Crippen molar-refractivity contribution >= 4 is 14.5 Å². The third kappa shape index (κ3) is 1.64. The summed E-state index contributed by atoms with van der Waals surface area (Å²) in [6.07, 6.45) is 0. The molecule has 0 saturated carbocycles. The van der Waals surface area contributed by atoms with E-state index in [1.807, 2.05) is 6.07 Å². The number of hydrogen-bond donors (Lipinski definition) is 1. The molecule has 1 aromatic carbocycles. The van der Waals surface area contributed by atoms with Crippen LogP contribution in [0.25, 0.3) is 0 Å². The largest absolute Gasteiger partial charge is 0.837 e. The van der Waals surface area contributed by atoms with Crippen molar-refractivity contribution in [1.82, 2.24) is 0 Å². The van der Waals surface area contributed by atoms with Crippen LogP contribution in [0, 0.1) is 0 Å². The van der Waals surface area contributed by atoms with Gasteiger partial charge in [-0.3, -0.25) is 0 Å². The number of benzene rings is 1. The Labute approximate surface area is 55.2 Å². The quantitative estimate of drug-likeness (QED) is 0.479. The van der Waals surface area contributed by atoms with Gasteiger partial charge in [0.1, 0.15) is 9.28 Å². The van der Waals surface area contributed by atoms with Crippen LogP contribution in [0.2, 0.25) is 0 Å². The minimum Gasteiger partial charge on any atom is -0.837 e. The first-order chi connectivity index (χ1) is 4.30. The van der Waals surface area contributed by atoms with Crippen LogP contribution in [-0.4, -0.2) is 14.1 Å². The van der Waals surface area contributed by atoms with Gasteiger partial charge in [-0.05, 0) is 0 Å². The highest BCUT2D eigenvalue weighted by molar-refractivity contribution is 6.56. The summed E-state index contributed by atoms with van der Waals surface area (Å²) in [7, 11) is -2.78. The van der Waals surface area contributed by atoms with E-state index in [2.05, 4.69) is 0 Å². The summed E-state index contributed by atoms with van der Waals surface area (Å²) >= 11 is 0. The molecule has 0 amide bonds. The van der Waals surface area contributed by atoms with Gasteiger partial charge in [0.15, 0.2) is 0 Å². The molecule has 3 heteroatoms. The minimum absolute atomic E-state index is 0.553. The molecule has 0 fully saturated rings. The summed E-state index contributed by atoms with van der Waals surface area (Å²) < 4.78 is 0. The molecule has 0 heterocycles. The highest BCUT2D eigenvalue weighted by Gasteiger charge is 1.90. The standard InChI is InChI=1S/C6H7O2Si/c7-9(8)6-4-2-1-3-5-6/h1-5,7,9H/q-1. The second-order valence-corrected chi connectivity index (χ2v) is 3.13. The average Bonchev–Trinajstić information content (AvgIpc) is 1.90. The van der Waals surface area contributed by atoms with E-state index in [9.17, 15) is 4.80 Å². The van der Waals surface area contributed by atoms with Gasteiger partial charge in [0.05, 0.1) is 0 Å². The van der Waals surface area contributed by atoms with Gasteiger partial charge in [-0.2, -0.15) is 0 Å². The second kappa shape index (κ2) is 2.77. The fraction of sp³-hybridized carbons (Fsp3) is 0. The Bertz CT molecular complexity index is 174. The topological polar surface area (TPSA) is 43.3 Å². The van der Waals surface area contributed by atoms with E-state index in [1.54, 1.807) is 24.3 Å². The molecule has 0 radical (unpaired) electrons. The maximum absolute atomic E-state index is 10.4. The highest BCUT2D eigenvalue weighted by atomic mass is 28.3. The first-order valence-corrected chi connectivity index (χ1v) is 4.26. The fourth-order valence-electron chi connectivity index (χ4n) is 0.618. The molecule has 1 aromatic rings. The van der Waals surface area contributed by atoms with Crippen molar-refractivity contribution in [3.63, 3.8) is 0 Å². The van der Waals surface area contributed by atoms with Crippen molar-refractivity contribution in [1.29, 1.82) is 0 Å². The molecule has 2 nitrogen and oxygen atoms in total. The van der Waals surface area contributed by atoms with Crippen molar-refractivity contribution in [3.05, 3.63) is 30.3 Å². The van der Waals surface area contributed by atoms with E-state index in [1.165, 1.54) is 0 Å². The first kappa shape index (κ1) is 6.48. The van der Waals surface area contributed by atoms with Crippen LogP contribution in [0.1, 0.15) is 0 Å². The van der Waals surface area contributed by atoms with Crippen LogP contribution < -0.4 is 9.98 Å². The van der Waals surface area contributed by atoms with Gasteiger partial charge in [-0.25, -0.2) is 0 Å². The Morgan fingerprint density at radius 1 is 1.22 bits per heavy atom. The molecule has 1 rings (SSSR count). The van der Waals surface area contributed by atoms with E-state index in [4.69, 9.17) is 4.80 Å². The van der Waals surface area contributed by atoms with E-state index >= 15 is 0 Å². The molecular weight excluding hydrogens is 132 g/mol. The van der Waals surface area contributed by atoms with Crippen molar-refractivity contribution < 1.29 is 9.59 Å². The lowest BCUT2D eigenvalue weighted by Crippen LogP contribution is -2.43. The zero-order valence-corrected chi connectivity index (χ0v) is 5.97. The highest BCUT2D eigenvalue weighted by Crippen LogP contribution is 1.80. The molecule has 0 aliphatic carbocycles. The lowest BCUT2D eigenvalue weighted by atomic mass is 10.4. The van der Waals surface area contributed by atoms with E-state index in [0.717, 1.165) is 0 Å². The minimum atomic E-state index is -2.78. The lowest BCUT2D eigenvalue weighted by molar-refractivity contribution is -0.211. The molecule has 9 heavy (non-hydrogen) atoms. The molecule has 1 unspecified atom stereocenters. The Morgan fingerprint density at radius 2 is 1.78 bits per heavy atom. The van der Waals surface area contributed by atoms with Crippen LogP contribution in [0.15, 0.2) is 30.3 Å². The van der Waals surface area contributed by atoms with Crippen molar-refractivity contribution in [3.8, 4) is 0 Å². The smallest absolute Gasteiger partial charge is 0.111 e. The fourth-order valence-corrected chi connectivity index (χ4v) is 1.17. The third-order valence-electron chi connectivity index (χ3n) is 1.08. The summed E-state index contributed by atoms with van der Waals surface area (Å²) in [5.74, 6) is 0. The van der Waals surface area contributed by atoms with Crippen LogP contribution >= 0.6 is 0 Å². The van der Waals surface area contributed by atoms with Gasteiger partial charge < -0.3 is 9.59 Å². The first-order valence-electron chi connectivity index (χ1n) is 2.69. The van der Waals surface area contributed by atoms with Gasteiger partial charge in [0.25, 0.3) is 0 Å². The van der Waals surface area contributed by atoms with Crippen LogP contribution in [-0.2, 0) is 0 Å². The van der Waals surface area contributed by atoms with E-state index in [0.29, 0.717) is 5.19 Å². The van der Waals surface area contributed by atoms with Gasteiger partial charge in [0, 0.05) is 0 Å². The third-order valence-corrected chi connectivity index (χ3v) is 2.04. The molecule has 48 valence electrons. The summed E-state index contributed by atoms with van der Waals surface area (Å²) in [6.45, 7) is 0. The second-order valence-electron chi connectivity index (χ2n) is 1.76. The molecule has 0 saturated heterocycles. The van der Waals surface area contributed by atoms with Crippen molar-refractivity contribution in [2.24, 2.45) is 0 Å². The van der Waals surface area contributed by atoms with Crippen molar-refractivity contribution in [2.45, 2.75) is 0 Å². The molecule has 0 bridgehead atoms. The predicted octanol–water partition coefficient (Wildman–Crippen LogP) is -1.53. The van der Waals surface area contributed by atoms with Gasteiger partial charge in [-0.1, -0.05) is 35.5 Å². The average molecular weight is 139 g/mol. The molecule has 0 aliphatic heterocycles. The predicted molar refractivity (Wildman–Crippen MR) is 35.4 cm³/mol. The number of hydrogen-bond acceptors (Lipinski definition) is 2. The summed E-state index contributed by atoms with van der Waals surface area (Å²) in [5.41, 5.74) is 0. The monoisotopic (exact) mass is 139 g/mol. The van der Waals surface area contributed by atoms with Gasteiger partial charge >= 0.3 is 0 Å². The molecule has 1 atom stereocenters. The molecule has 0 aliphatic rings. The zero-order chi connectivity index (χ0) is 6.69. The molecule has 0 spiro atoms. The van der Waals surface area contributed by atoms with Crippen molar-refractivity contribution in [2.75, 3.05) is 0 Å². The van der Waals surface area contributed by atoms with Gasteiger partial charge in [0.2, 0.25) is 0 Å². The SMILES string of the molecule is [O-][SiH](O)c1ccccc1. The van der Waals surface area contributed by atoms with E-state index in [-0.39, 0.29) is 0 Å². The van der Waals surface area contributed by atoms with E-state index < -0.39 is 9.28 Å². The Hall–Kier alpha value is -0.643. The Morgan fingerprint density at radius 3 is 2.11 bits per heavy atom. The maximum Gasteiger partial charge on any atom is 0.111 e. The maximum atomic E-state index is 10.4. The summed E-state index contributed by atoms with van der Waals surface area (Å²) in [4.78, 5) is 19.0. The summed E-state index contributed by atoms with van der Waals surface area (Å²) in [6, 6.07) is 8.64. The Balaban J connectivity index is 2.85. The lowest BCUT2D eigenvalue weighted by Gasteiger charge is -2.11. The Kier molecular flexibility index (Phi) is 1.99. The summed E-state index contributed by atoms with van der Waals surface area (Å²) in [5, 5.41) is 0.553. The van der Waals surface area contributed by atoms with Gasteiger partial charge in [-0.15, -0.1) is 0 Å². The van der Waals surface area contributed by atoms with Crippen LogP contribution in [0.4, 0.5) is 0 Å². The van der Waals surface area contributed by atoms with Crippen LogP contribution in [0.3, 0.4) is 0 Å². The van der Waals surface area contributed by atoms with Crippen LogP contribution in [0.5, 0.6) is 0 Å². The number of rotatable bonds is 1. The zero-order valence-electron chi connectivity index (χ0n) is 4.82.